The van der Waals surface area contributed by atoms with Crippen molar-refractivity contribution in [1.29, 1.82) is 0 Å². The molecule has 1 aliphatic rings. The van der Waals surface area contributed by atoms with Crippen molar-refractivity contribution in [3.8, 4) is 0 Å². The van der Waals surface area contributed by atoms with Gasteiger partial charge in [0.2, 0.25) is 5.91 Å². The van der Waals surface area contributed by atoms with Gasteiger partial charge in [-0.2, -0.15) is 0 Å². The lowest BCUT2D eigenvalue weighted by Crippen LogP contribution is -2.39. The number of esters is 1. The molecule has 1 heterocycles. The van der Waals surface area contributed by atoms with Gasteiger partial charge in [-0.25, -0.2) is 0 Å². The molecule has 1 amide bonds. The average molecular weight is 199 g/mol. The normalized spacial score (nSPS) is 22.8. The molecule has 4 heteroatoms. The Labute approximate surface area is 84.0 Å². The highest BCUT2D eigenvalue weighted by Crippen LogP contribution is 2.18. The number of carbonyl (C=O) groups excluding carboxylic acids is 2. The minimum absolute atomic E-state index is 0.0629. The van der Waals surface area contributed by atoms with Gasteiger partial charge in [-0.15, -0.1) is 0 Å². The van der Waals surface area contributed by atoms with Crippen molar-refractivity contribution in [3.63, 3.8) is 0 Å². The molecular weight excluding hydrogens is 182 g/mol. The van der Waals surface area contributed by atoms with E-state index in [1.54, 1.807) is 0 Å². The van der Waals surface area contributed by atoms with Crippen LogP contribution >= 0.6 is 0 Å². The summed E-state index contributed by atoms with van der Waals surface area (Å²) in [4.78, 5) is 22.6. The van der Waals surface area contributed by atoms with E-state index in [4.69, 9.17) is 4.74 Å². The topological polar surface area (TPSA) is 55.4 Å². The summed E-state index contributed by atoms with van der Waals surface area (Å²) < 4.78 is 5.21. The highest BCUT2D eigenvalue weighted by molar-refractivity contribution is 5.84. The van der Waals surface area contributed by atoms with Crippen LogP contribution in [0.15, 0.2) is 0 Å². The summed E-state index contributed by atoms with van der Waals surface area (Å²) in [6.07, 6.45) is 0.940. The van der Waals surface area contributed by atoms with Crippen LogP contribution in [-0.4, -0.2) is 24.0 Å². The summed E-state index contributed by atoms with van der Waals surface area (Å²) >= 11 is 0. The minimum Gasteiger partial charge on any atom is -0.460 e. The van der Waals surface area contributed by atoms with E-state index in [1.807, 2.05) is 20.8 Å². The Balaban J connectivity index is 2.48. The van der Waals surface area contributed by atoms with E-state index in [0.29, 0.717) is 13.0 Å². The average Bonchev–Trinajstić information content (AvgIpc) is 2.01. The quantitative estimate of drug-likeness (QED) is 0.637. The summed E-state index contributed by atoms with van der Waals surface area (Å²) in [5.74, 6) is -0.581. The number of carbonyl (C=O) groups is 2. The van der Waals surface area contributed by atoms with Crippen LogP contribution in [0.25, 0.3) is 0 Å². The van der Waals surface area contributed by atoms with Crippen molar-refractivity contribution in [2.24, 2.45) is 5.92 Å². The van der Waals surface area contributed by atoms with Crippen molar-refractivity contribution >= 4 is 11.9 Å². The van der Waals surface area contributed by atoms with Gasteiger partial charge < -0.3 is 10.1 Å². The van der Waals surface area contributed by atoms with Gasteiger partial charge in [0.25, 0.3) is 0 Å². The first kappa shape index (κ1) is 11.0. The number of amides is 1. The molecule has 0 radical (unpaired) electrons. The standard InChI is InChI=1S/C10H17NO3/c1-10(2,3)14-9(13)7-4-5-11-8(12)6-7/h7H,4-6H2,1-3H3,(H,11,12). The van der Waals surface area contributed by atoms with Crippen LogP contribution in [0.2, 0.25) is 0 Å². The number of hydrogen-bond acceptors (Lipinski definition) is 3. The fraction of sp³-hybridized carbons (Fsp3) is 0.800. The zero-order valence-electron chi connectivity index (χ0n) is 8.92. The Morgan fingerprint density at radius 1 is 1.50 bits per heavy atom. The molecule has 80 valence electrons. The van der Waals surface area contributed by atoms with Crippen molar-refractivity contribution in [3.05, 3.63) is 0 Å². The second-order valence-corrected chi connectivity index (χ2v) is 4.57. The Hall–Kier alpha value is -1.06. The molecule has 1 rings (SSSR count). The molecule has 0 aromatic carbocycles. The van der Waals surface area contributed by atoms with Crippen LogP contribution in [0.5, 0.6) is 0 Å². The van der Waals surface area contributed by atoms with Gasteiger partial charge in [0, 0.05) is 13.0 Å². The molecule has 0 aromatic rings. The third-order valence-electron chi connectivity index (χ3n) is 1.99. The number of piperidine rings is 1. The van der Waals surface area contributed by atoms with Crippen LogP contribution in [0.1, 0.15) is 33.6 Å². The third kappa shape index (κ3) is 3.36. The van der Waals surface area contributed by atoms with Gasteiger partial charge >= 0.3 is 5.97 Å². The molecule has 4 nitrogen and oxygen atoms in total. The van der Waals surface area contributed by atoms with E-state index in [2.05, 4.69) is 5.32 Å². The number of hydrogen-bond donors (Lipinski definition) is 1. The van der Waals surface area contributed by atoms with Crippen LogP contribution < -0.4 is 5.32 Å². The Bertz CT molecular complexity index is 242. The summed E-state index contributed by atoms with van der Waals surface area (Å²) in [6, 6.07) is 0. The zero-order chi connectivity index (χ0) is 10.8. The minimum atomic E-state index is -0.467. The highest BCUT2D eigenvalue weighted by Gasteiger charge is 2.29. The monoisotopic (exact) mass is 199 g/mol. The van der Waals surface area contributed by atoms with Gasteiger partial charge in [-0.1, -0.05) is 0 Å². The maximum Gasteiger partial charge on any atom is 0.310 e. The molecule has 0 spiro atoms. The van der Waals surface area contributed by atoms with Crippen LogP contribution in [0.3, 0.4) is 0 Å². The van der Waals surface area contributed by atoms with Gasteiger partial charge in [-0.3, -0.25) is 9.59 Å². The summed E-state index contributed by atoms with van der Waals surface area (Å²) in [6.45, 7) is 6.05. The molecule has 1 aliphatic heterocycles. The lowest BCUT2D eigenvalue weighted by atomic mass is 9.97. The SMILES string of the molecule is CC(C)(C)OC(=O)C1CCNC(=O)C1. The maximum absolute atomic E-state index is 11.6. The molecule has 0 bridgehead atoms. The van der Waals surface area contributed by atoms with Crippen molar-refractivity contribution in [2.45, 2.75) is 39.2 Å². The van der Waals surface area contributed by atoms with E-state index in [-0.39, 0.29) is 24.2 Å². The number of ether oxygens (including phenoxy) is 1. The second kappa shape index (κ2) is 3.98. The first-order valence-electron chi connectivity index (χ1n) is 4.88. The zero-order valence-corrected chi connectivity index (χ0v) is 8.92. The smallest absolute Gasteiger partial charge is 0.310 e. The van der Waals surface area contributed by atoms with E-state index < -0.39 is 5.60 Å². The summed E-state index contributed by atoms with van der Waals surface area (Å²) in [5.41, 5.74) is -0.467. The van der Waals surface area contributed by atoms with E-state index in [1.165, 1.54) is 0 Å². The molecule has 1 N–H and O–H groups in total. The lowest BCUT2D eigenvalue weighted by molar-refractivity contribution is -0.162. The van der Waals surface area contributed by atoms with Gasteiger partial charge in [0.1, 0.15) is 5.60 Å². The first-order chi connectivity index (χ1) is 6.38. The predicted molar refractivity (Wildman–Crippen MR) is 51.6 cm³/mol. The molecular formula is C10H17NO3. The fourth-order valence-corrected chi connectivity index (χ4v) is 1.37. The molecule has 14 heavy (non-hydrogen) atoms. The van der Waals surface area contributed by atoms with Crippen molar-refractivity contribution in [1.82, 2.24) is 5.32 Å². The first-order valence-corrected chi connectivity index (χ1v) is 4.88. The Morgan fingerprint density at radius 2 is 2.14 bits per heavy atom. The van der Waals surface area contributed by atoms with Gasteiger partial charge in [-0.05, 0) is 27.2 Å². The maximum atomic E-state index is 11.6. The van der Waals surface area contributed by atoms with Crippen LogP contribution in [0, 0.1) is 5.92 Å². The van der Waals surface area contributed by atoms with E-state index >= 15 is 0 Å². The van der Waals surface area contributed by atoms with Crippen molar-refractivity contribution in [2.75, 3.05) is 6.54 Å². The third-order valence-corrected chi connectivity index (χ3v) is 1.99. The predicted octanol–water partition coefficient (Wildman–Crippen LogP) is 0.854. The molecule has 0 aliphatic carbocycles. The molecule has 1 fully saturated rings. The molecule has 1 atom stereocenters. The van der Waals surface area contributed by atoms with Crippen LogP contribution in [-0.2, 0) is 14.3 Å². The fourth-order valence-electron chi connectivity index (χ4n) is 1.37. The second-order valence-electron chi connectivity index (χ2n) is 4.57. The lowest BCUT2D eigenvalue weighted by Gasteiger charge is -2.25. The van der Waals surface area contributed by atoms with E-state index in [0.717, 1.165) is 0 Å². The largest absolute Gasteiger partial charge is 0.460 e. The Morgan fingerprint density at radius 3 is 2.64 bits per heavy atom. The molecule has 1 saturated heterocycles. The van der Waals surface area contributed by atoms with Gasteiger partial charge in [0.05, 0.1) is 5.92 Å². The van der Waals surface area contributed by atoms with Gasteiger partial charge in [0.15, 0.2) is 0 Å². The summed E-state index contributed by atoms with van der Waals surface area (Å²) in [5, 5.41) is 2.68. The number of nitrogens with one attached hydrogen (secondary N) is 1. The highest BCUT2D eigenvalue weighted by atomic mass is 16.6. The summed E-state index contributed by atoms with van der Waals surface area (Å²) in [7, 11) is 0. The van der Waals surface area contributed by atoms with E-state index in [9.17, 15) is 9.59 Å². The van der Waals surface area contributed by atoms with Crippen LogP contribution in [0.4, 0.5) is 0 Å². The Kier molecular flexibility index (Phi) is 3.13. The molecule has 0 aromatic heterocycles. The van der Waals surface area contributed by atoms with Crippen molar-refractivity contribution < 1.29 is 14.3 Å². The molecule has 1 unspecified atom stereocenters. The number of rotatable bonds is 1. The molecule has 0 saturated carbocycles.